The molecule has 1 aromatic carbocycles. The molecule has 2 aromatic heterocycles. The van der Waals surface area contributed by atoms with Crippen LogP contribution >= 0.6 is 35.2 Å². The first-order valence-electron chi connectivity index (χ1n) is 16.9. The van der Waals surface area contributed by atoms with Crippen molar-refractivity contribution in [2.75, 3.05) is 37.8 Å². The van der Waals surface area contributed by atoms with E-state index in [0.29, 0.717) is 5.75 Å². The number of carbonyl (C=O) groups excluding carboxylic acids is 3. The number of fused-ring (bicyclic) bond motifs is 1. The maximum atomic E-state index is 12.7. The Morgan fingerprint density at radius 2 is 1.72 bits per heavy atom. The highest BCUT2D eigenvalue weighted by atomic mass is 32.2. The summed E-state index contributed by atoms with van der Waals surface area (Å²) >= 11 is 1.00. The van der Waals surface area contributed by atoms with Gasteiger partial charge in [0.05, 0.1) is 19.5 Å². The molecule has 10 N–H and O–H groups in total. The molecule has 1 aliphatic rings. The van der Waals surface area contributed by atoms with Gasteiger partial charge in [0.2, 0.25) is 16.9 Å². The number of carbonyl (C=O) groups is 3. The Kier molecular flexibility index (Phi) is 16.4. The molecule has 0 radical (unpaired) electrons. The summed E-state index contributed by atoms with van der Waals surface area (Å²) in [5.74, 6) is -1.18. The number of aromatic nitrogens is 4. The average molecular weight is 898 g/mol. The van der Waals surface area contributed by atoms with Gasteiger partial charge in [0.15, 0.2) is 17.7 Å². The van der Waals surface area contributed by atoms with Gasteiger partial charge < -0.3 is 50.9 Å². The average Bonchev–Trinajstić information content (AvgIpc) is 3.71. The van der Waals surface area contributed by atoms with E-state index in [2.05, 4.69) is 34.4 Å². The number of amides is 2. The molecule has 1 aliphatic heterocycles. The summed E-state index contributed by atoms with van der Waals surface area (Å²) in [6, 6.07) is 9.21. The Bertz CT molecular complexity index is 2090. The number of hydrogen-bond acceptors (Lipinski definition) is 18. The van der Waals surface area contributed by atoms with Gasteiger partial charge in [-0.2, -0.15) is 4.31 Å². The monoisotopic (exact) mass is 897 g/mol. The first-order valence-corrected chi connectivity index (χ1v) is 22.4. The number of anilines is 1. The smallest absolute Gasteiger partial charge is 0.386 e. The van der Waals surface area contributed by atoms with Crippen molar-refractivity contribution in [1.29, 1.82) is 0 Å². The third-order valence-corrected chi connectivity index (χ3v) is 11.9. The summed E-state index contributed by atoms with van der Waals surface area (Å²) in [4.78, 5) is 87.7. The highest BCUT2D eigenvalue weighted by Crippen LogP contribution is 2.61. The van der Waals surface area contributed by atoms with Gasteiger partial charge in [-0.3, -0.25) is 32.5 Å². The van der Waals surface area contributed by atoms with Crippen molar-refractivity contribution in [3.63, 3.8) is 0 Å². The lowest BCUT2D eigenvalue weighted by Crippen LogP contribution is -2.46. The maximum Gasteiger partial charge on any atom is 0.481 e. The normalized spacial score (nSPS) is 21.4. The number of nitrogens with zero attached hydrogens (tertiary/aromatic N) is 4. The molecule has 320 valence electrons. The second-order valence-corrected chi connectivity index (χ2v) is 18.3. The van der Waals surface area contributed by atoms with E-state index in [1.165, 1.54) is 19.9 Å². The summed E-state index contributed by atoms with van der Waals surface area (Å²) in [5, 5.41) is 26.2. The van der Waals surface area contributed by atoms with Crippen LogP contribution in [0.3, 0.4) is 0 Å². The van der Waals surface area contributed by atoms with E-state index >= 15 is 0 Å². The second-order valence-electron chi connectivity index (χ2n) is 13.0. The van der Waals surface area contributed by atoms with E-state index in [9.17, 15) is 57.9 Å². The van der Waals surface area contributed by atoms with Crippen molar-refractivity contribution in [1.82, 2.24) is 30.2 Å². The van der Waals surface area contributed by atoms with Gasteiger partial charge in [-0.05, 0) is 11.6 Å². The van der Waals surface area contributed by atoms with Gasteiger partial charge in [-0.1, -0.05) is 62.0 Å². The number of nitrogens with two attached hydrogens (primary N) is 1. The van der Waals surface area contributed by atoms with Crippen molar-refractivity contribution in [3.8, 4) is 0 Å². The van der Waals surface area contributed by atoms with E-state index in [4.69, 9.17) is 19.5 Å². The largest absolute Gasteiger partial charge is 0.481 e. The van der Waals surface area contributed by atoms with Crippen LogP contribution in [0.15, 0.2) is 49.1 Å². The number of ether oxygens (including phenoxy) is 1. The summed E-state index contributed by atoms with van der Waals surface area (Å²) in [6.45, 7) is 0.432. The van der Waals surface area contributed by atoms with Crippen LogP contribution in [0.5, 0.6) is 0 Å². The third-order valence-electron chi connectivity index (χ3n) is 7.96. The van der Waals surface area contributed by atoms with Gasteiger partial charge in [-0.15, -0.1) is 0 Å². The minimum absolute atomic E-state index is 0.0285. The lowest BCUT2D eigenvalue weighted by molar-refractivity contribution is -0.137. The Hall–Kier alpha value is -3.48. The number of benzene rings is 1. The van der Waals surface area contributed by atoms with Crippen LogP contribution in [0.4, 0.5) is 5.82 Å². The van der Waals surface area contributed by atoms with Crippen molar-refractivity contribution in [3.05, 3.63) is 54.6 Å². The highest BCUT2D eigenvalue weighted by molar-refractivity contribution is 8.14. The Labute approximate surface area is 334 Å². The Balaban J connectivity index is 1.21. The van der Waals surface area contributed by atoms with Crippen LogP contribution in [0.25, 0.3) is 17.2 Å². The molecule has 24 nitrogen and oxygen atoms in total. The summed E-state index contributed by atoms with van der Waals surface area (Å²) < 4.78 is 62.1. The van der Waals surface area contributed by atoms with Crippen molar-refractivity contribution in [2.45, 2.75) is 50.9 Å². The molecule has 1 saturated heterocycles. The number of rotatable bonds is 21. The number of phosphoric acid groups is 3. The molecule has 7 atom stereocenters. The van der Waals surface area contributed by atoms with Crippen molar-refractivity contribution < 1.29 is 80.5 Å². The van der Waals surface area contributed by atoms with Crippen molar-refractivity contribution in [2.24, 2.45) is 5.41 Å². The Morgan fingerprint density at radius 1 is 1.03 bits per heavy atom. The fraction of sp³-hybridized carbons (Fsp3) is 0.467. The molecule has 1 fully saturated rings. The molecule has 0 spiro atoms. The molecule has 2 unspecified atom stereocenters. The van der Waals surface area contributed by atoms with Crippen LogP contribution < -0.4 is 16.4 Å². The summed E-state index contributed by atoms with van der Waals surface area (Å²) in [6.07, 6.45) is -3.86. The molecule has 0 aliphatic carbocycles. The molecule has 28 heteroatoms. The molecule has 3 heterocycles. The van der Waals surface area contributed by atoms with Gasteiger partial charge in [0, 0.05) is 30.7 Å². The van der Waals surface area contributed by atoms with Gasteiger partial charge in [-0.25, -0.2) is 28.6 Å². The van der Waals surface area contributed by atoms with Gasteiger partial charge in [0.1, 0.15) is 36.3 Å². The predicted molar refractivity (Wildman–Crippen MR) is 203 cm³/mol. The molecule has 3 aromatic rings. The molecule has 0 bridgehead atoms. The van der Waals surface area contributed by atoms with E-state index in [-0.39, 0.29) is 41.6 Å². The number of hydrogen-bond donors (Lipinski definition) is 9. The molecule has 0 saturated carbocycles. The molecule has 4 rings (SSSR count). The number of phosphoric ester groups is 3. The lowest BCUT2D eigenvalue weighted by atomic mass is 9.87. The highest BCUT2D eigenvalue weighted by Gasteiger charge is 2.50. The van der Waals surface area contributed by atoms with E-state index in [1.54, 1.807) is 6.08 Å². The van der Waals surface area contributed by atoms with E-state index < -0.39 is 84.6 Å². The quantitative estimate of drug-likeness (QED) is 0.0396. The zero-order chi connectivity index (χ0) is 42.9. The standard InChI is InChI=1S/C30H42N7O17P3S/c1-30(2,25(41)28(42)33-11-10-20(38)32-12-13-58-21(39)9-8-18-6-4-3-5-7-18)15-51-57(48,49)54-56(46,47)50-14-19-24(53-55(43,44)45)23(40)29(52-19)37-17-36-22-26(31)34-16-35-27(22)37/h3-9,16-17,19,23-25,29,40-41H,10-15H2,1-2H3,(H,32,38)(H,33,42)(H,46,47)(H,48,49)(H2,31,34,35)(H2,43,44,45)/b9-8+/t19-,23-,24-,25+,29-/m1/s1. The van der Waals surface area contributed by atoms with E-state index in [0.717, 1.165) is 34.5 Å². The van der Waals surface area contributed by atoms with Crippen LogP contribution in [0.1, 0.15) is 32.1 Å². The fourth-order valence-corrected chi connectivity index (χ4v) is 8.46. The van der Waals surface area contributed by atoms with Gasteiger partial charge in [0.25, 0.3) is 0 Å². The number of thioether (sulfide) groups is 1. The molecule has 2 amide bonds. The predicted octanol–water partition coefficient (Wildman–Crippen LogP) is 0.378. The van der Waals surface area contributed by atoms with Crippen LogP contribution in [-0.2, 0) is 50.7 Å². The van der Waals surface area contributed by atoms with Crippen LogP contribution in [0.2, 0.25) is 0 Å². The number of nitrogens with one attached hydrogen (secondary N) is 2. The zero-order valence-corrected chi connectivity index (χ0v) is 34.1. The first-order chi connectivity index (χ1) is 27.1. The zero-order valence-electron chi connectivity index (χ0n) is 30.6. The van der Waals surface area contributed by atoms with E-state index in [1.807, 2.05) is 30.3 Å². The number of aliphatic hydroxyl groups is 2. The third kappa shape index (κ3) is 14.1. The topological polar surface area (TPSA) is 364 Å². The van der Waals surface area contributed by atoms with Gasteiger partial charge >= 0.3 is 23.5 Å². The number of aliphatic hydroxyl groups excluding tert-OH is 2. The summed E-state index contributed by atoms with van der Waals surface area (Å²) in [5.41, 5.74) is 5.11. The maximum absolute atomic E-state index is 12.7. The van der Waals surface area contributed by atoms with Crippen molar-refractivity contribution >= 4 is 75.2 Å². The summed E-state index contributed by atoms with van der Waals surface area (Å²) in [7, 11) is -16.4. The SMILES string of the molecule is CC(C)(COP(=O)(O)OP(=O)(O)OC[C@H]1O[C@@H](n2cnc3c(N)ncnc32)[C@H](O)[C@@H]1OP(=O)(O)O)[C@@H](O)C(=O)NCCC(=O)NCCSC(=O)/C=C/c1ccccc1. The minimum atomic E-state index is -5.58. The number of nitrogen functional groups attached to an aromatic ring is 1. The molecular weight excluding hydrogens is 855 g/mol. The fourth-order valence-electron chi connectivity index (χ4n) is 5.06. The first kappa shape index (κ1) is 47.2. The second kappa shape index (κ2) is 20.2. The lowest BCUT2D eigenvalue weighted by Gasteiger charge is -2.30. The molecule has 58 heavy (non-hydrogen) atoms. The minimum Gasteiger partial charge on any atom is -0.386 e. The number of imidazole rings is 1. The van der Waals surface area contributed by atoms with Crippen LogP contribution in [-0.4, -0.2) is 123 Å². The molecular formula is C30H42N7O17P3S. The van der Waals surface area contributed by atoms with Crippen LogP contribution in [0, 0.1) is 5.41 Å². The Morgan fingerprint density at radius 3 is 2.41 bits per heavy atom.